The van der Waals surface area contributed by atoms with Gasteiger partial charge in [0.1, 0.15) is 10.6 Å². The first-order valence-corrected chi connectivity index (χ1v) is 12.0. The molecule has 0 radical (unpaired) electrons. The molecule has 0 aliphatic rings. The lowest BCUT2D eigenvalue weighted by molar-refractivity contribution is 0.102. The van der Waals surface area contributed by atoms with Gasteiger partial charge < -0.3 is 14.8 Å². The minimum absolute atomic E-state index is 0.141. The van der Waals surface area contributed by atoms with Crippen molar-refractivity contribution in [2.75, 3.05) is 19.5 Å². The SMILES string of the molecule is CCCc1c(C(=O)Nc2ccc(Br)cc2F)sc2nc(-c3ccc(OC)c(OC)c3)ccc12. The first kappa shape index (κ1) is 23.2. The van der Waals surface area contributed by atoms with E-state index in [2.05, 4.69) is 28.2 Å². The van der Waals surface area contributed by atoms with Crippen molar-refractivity contribution in [1.29, 1.82) is 0 Å². The van der Waals surface area contributed by atoms with Crippen LogP contribution in [0.3, 0.4) is 0 Å². The van der Waals surface area contributed by atoms with Crippen molar-refractivity contribution >= 4 is 49.1 Å². The van der Waals surface area contributed by atoms with Gasteiger partial charge in [-0.2, -0.15) is 0 Å². The second-order valence-electron chi connectivity index (χ2n) is 7.36. The van der Waals surface area contributed by atoms with Crippen molar-refractivity contribution in [2.24, 2.45) is 0 Å². The molecule has 0 unspecified atom stereocenters. The number of thiophene rings is 1. The number of nitrogens with zero attached hydrogens (tertiary/aromatic N) is 1. The van der Waals surface area contributed by atoms with E-state index >= 15 is 0 Å². The molecule has 1 N–H and O–H groups in total. The van der Waals surface area contributed by atoms with Crippen molar-refractivity contribution in [3.63, 3.8) is 0 Å². The summed E-state index contributed by atoms with van der Waals surface area (Å²) in [7, 11) is 3.18. The summed E-state index contributed by atoms with van der Waals surface area (Å²) in [5, 5.41) is 3.64. The third-order valence-electron chi connectivity index (χ3n) is 5.22. The zero-order chi connectivity index (χ0) is 23.5. The molecule has 2 aromatic heterocycles. The number of hydrogen-bond acceptors (Lipinski definition) is 5. The molecule has 0 aliphatic heterocycles. The molecule has 4 rings (SSSR count). The molecule has 5 nitrogen and oxygen atoms in total. The minimum Gasteiger partial charge on any atom is -0.493 e. The average molecular weight is 529 g/mol. The topological polar surface area (TPSA) is 60.5 Å². The van der Waals surface area contributed by atoms with Crippen molar-refractivity contribution in [2.45, 2.75) is 19.8 Å². The quantitative estimate of drug-likeness (QED) is 0.278. The third kappa shape index (κ3) is 4.72. The number of benzene rings is 2. The predicted octanol–water partition coefficient (Wildman–Crippen LogP) is 7.09. The molecule has 170 valence electrons. The van der Waals surface area contributed by atoms with E-state index in [0.29, 0.717) is 20.8 Å². The Morgan fingerprint density at radius 3 is 2.58 bits per heavy atom. The lowest BCUT2D eigenvalue weighted by atomic mass is 10.1. The number of pyridine rings is 1. The summed E-state index contributed by atoms with van der Waals surface area (Å²) in [5.41, 5.74) is 2.71. The summed E-state index contributed by atoms with van der Waals surface area (Å²) in [5.74, 6) is 0.425. The predicted molar refractivity (Wildman–Crippen MR) is 134 cm³/mol. The standard InChI is InChI=1S/C25H22BrFN2O3S/c1-4-5-16-17-8-10-19(14-6-11-21(31-2)22(12-14)32-3)29-25(17)33-23(16)24(30)28-20-9-7-15(26)13-18(20)27/h6-13H,4-5H2,1-3H3,(H,28,30). The summed E-state index contributed by atoms with van der Waals surface area (Å²) in [4.78, 5) is 19.2. The van der Waals surface area contributed by atoms with E-state index < -0.39 is 5.82 Å². The molecule has 0 aliphatic carbocycles. The van der Waals surface area contributed by atoms with Crippen molar-refractivity contribution in [3.05, 3.63) is 69.3 Å². The molecule has 0 saturated carbocycles. The fourth-order valence-electron chi connectivity index (χ4n) is 3.64. The Morgan fingerprint density at radius 1 is 1.09 bits per heavy atom. The van der Waals surface area contributed by atoms with Crippen LogP contribution in [0.15, 0.2) is 53.0 Å². The van der Waals surface area contributed by atoms with Crippen LogP contribution in [0.2, 0.25) is 0 Å². The van der Waals surface area contributed by atoms with E-state index in [1.54, 1.807) is 20.3 Å². The molecular weight excluding hydrogens is 507 g/mol. The number of amides is 1. The monoisotopic (exact) mass is 528 g/mol. The van der Waals surface area contributed by atoms with E-state index in [4.69, 9.17) is 14.5 Å². The largest absolute Gasteiger partial charge is 0.493 e. The fraction of sp³-hybridized carbons (Fsp3) is 0.200. The summed E-state index contributed by atoms with van der Waals surface area (Å²) in [6.07, 6.45) is 1.60. The Hall–Kier alpha value is -2.97. The number of fused-ring (bicyclic) bond motifs is 1. The summed E-state index contributed by atoms with van der Waals surface area (Å²) in [6, 6.07) is 14.1. The zero-order valence-corrected chi connectivity index (χ0v) is 20.8. The van der Waals surface area contributed by atoms with Gasteiger partial charge in [0.25, 0.3) is 5.91 Å². The van der Waals surface area contributed by atoms with Crippen LogP contribution in [0.5, 0.6) is 11.5 Å². The molecule has 0 fully saturated rings. The maximum Gasteiger partial charge on any atom is 0.266 e. The van der Waals surface area contributed by atoms with Gasteiger partial charge in [-0.3, -0.25) is 4.79 Å². The van der Waals surface area contributed by atoms with Gasteiger partial charge >= 0.3 is 0 Å². The Kier molecular flexibility index (Phi) is 6.95. The van der Waals surface area contributed by atoms with Crippen molar-refractivity contribution < 1.29 is 18.7 Å². The van der Waals surface area contributed by atoms with Gasteiger partial charge in [0.2, 0.25) is 0 Å². The van der Waals surface area contributed by atoms with Crippen LogP contribution in [-0.2, 0) is 6.42 Å². The molecule has 0 spiro atoms. The number of aromatic nitrogens is 1. The van der Waals surface area contributed by atoms with Gasteiger partial charge in [0.05, 0.1) is 30.5 Å². The number of carbonyl (C=O) groups excluding carboxylic acids is 1. The minimum atomic E-state index is -0.496. The zero-order valence-electron chi connectivity index (χ0n) is 18.4. The molecule has 1 amide bonds. The van der Waals surface area contributed by atoms with Crippen LogP contribution < -0.4 is 14.8 Å². The summed E-state index contributed by atoms with van der Waals surface area (Å²) < 4.78 is 25.6. The maximum absolute atomic E-state index is 14.3. The third-order valence-corrected chi connectivity index (χ3v) is 6.86. The normalized spacial score (nSPS) is 10.9. The van der Waals surface area contributed by atoms with Gasteiger partial charge in [0.15, 0.2) is 11.5 Å². The average Bonchev–Trinajstić information content (AvgIpc) is 3.18. The highest BCUT2D eigenvalue weighted by Gasteiger charge is 2.20. The number of ether oxygens (including phenoxy) is 2. The van der Waals surface area contributed by atoms with Gasteiger partial charge in [-0.05, 0) is 60.5 Å². The Bertz CT molecular complexity index is 1340. The molecular formula is C25H22BrFN2O3S. The second-order valence-corrected chi connectivity index (χ2v) is 9.27. The van der Waals surface area contributed by atoms with E-state index in [-0.39, 0.29) is 11.6 Å². The number of methoxy groups -OCH3 is 2. The number of rotatable bonds is 7. The maximum atomic E-state index is 14.3. The molecule has 8 heteroatoms. The number of halogens is 2. The Labute approximate surface area is 203 Å². The lowest BCUT2D eigenvalue weighted by Gasteiger charge is -2.09. The van der Waals surface area contributed by atoms with E-state index in [1.807, 2.05) is 30.3 Å². The highest BCUT2D eigenvalue weighted by atomic mass is 79.9. The van der Waals surface area contributed by atoms with Crippen LogP contribution in [0, 0.1) is 5.82 Å². The van der Waals surface area contributed by atoms with Gasteiger partial charge in [0, 0.05) is 15.4 Å². The lowest BCUT2D eigenvalue weighted by Crippen LogP contribution is -2.13. The second kappa shape index (κ2) is 9.89. The van der Waals surface area contributed by atoms with Gasteiger partial charge in [-0.15, -0.1) is 11.3 Å². The van der Waals surface area contributed by atoms with Crippen LogP contribution in [0.1, 0.15) is 28.6 Å². The van der Waals surface area contributed by atoms with E-state index in [0.717, 1.165) is 39.9 Å². The number of aryl methyl sites for hydroxylation is 1. The van der Waals surface area contributed by atoms with Crippen LogP contribution >= 0.6 is 27.3 Å². The highest BCUT2D eigenvalue weighted by molar-refractivity contribution is 9.10. The molecule has 0 saturated heterocycles. The molecule has 0 bridgehead atoms. The number of nitrogens with one attached hydrogen (secondary N) is 1. The number of anilines is 1. The summed E-state index contributed by atoms with van der Waals surface area (Å²) >= 11 is 4.55. The van der Waals surface area contributed by atoms with Gasteiger partial charge in [-0.25, -0.2) is 9.37 Å². The van der Waals surface area contributed by atoms with E-state index in [9.17, 15) is 9.18 Å². The van der Waals surface area contributed by atoms with Crippen molar-refractivity contribution in [3.8, 4) is 22.8 Å². The van der Waals surface area contributed by atoms with Crippen molar-refractivity contribution in [1.82, 2.24) is 4.98 Å². The highest BCUT2D eigenvalue weighted by Crippen LogP contribution is 2.36. The van der Waals surface area contributed by atoms with Crippen LogP contribution in [0.25, 0.3) is 21.5 Å². The van der Waals surface area contributed by atoms with Gasteiger partial charge in [-0.1, -0.05) is 29.3 Å². The van der Waals surface area contributed by atoms with Crippen LogP contribution in [-0.4, -0.2) is 25.1 Å². The Morgan fingerprint density at radius 2 is 1.88 bits per heavy atom. The number of carbonyl (C=O) groups is 1. The molecule has 4 aromatic rings. The Balaban J connectivity index is 1.73. The molecule has 33 heavy (non-hydrogen) atoms. The molecule has 2 heterocycles. The summed E-state index contributed by atoms with van der Waals surface area (Å²) in [6.45, 7) is 2.06. The first-order chi connectivity index (χ1) is 15.9. The van der Waals surface area contributed by atoms with E-state index in [1.165, 1.54) is 23.5 Å². The molecule has 0 atom stereocenters. The molecule has 2 aromatic carbocycles. The van der Waals surface area contributed by atoms with Crippen LogP contribution in [0.4, 0.5) is 10.1 Å². The first-order valence-electron chi connectivity index (χ1n) is 10.4. The number of hydrogen-bond donors (Lipinski definition) is 1. The fourth-order valence-corrected chi connectivity index (χ4v) is 5.09. The smallest absolute Gasteiger partial charge is 0.266 e.